The van der Waals surface area contributed by atoms with E-state index in [1.807, 2.05) is 6.92 Å². The Hall–Kier alpha value is -0.670. The van der Waals surface area contributed by atoms with E-state index in [-0.39, 0.29) is 0 Å². The summed E-state index contributed by atoms with van der Waals surface area (Å²) in [7, 11) is 0. The Labute approximate surface area is 60.6 Å². The second-order valence-electron chi connectivity index (χ2n) is 1.56. The van der Waals surface area contributed by atoms with E-state index >= 15 is 0 Å². The molecule has 3 nitrogen and oxygen atoms in total. The van der Waals surface area contributed by atoms with E-state index in [1.165, 1.54) is 0 Å². The van der Waals surface area contributed by atoms with E-state index in [0.29, 0.717) is 19.6 Å². The lowest BCUT2D eigenvalue weighted by Gasteiger charge is -1.94. The summed E-state index contributed by atoms with van der Waals surface area (Å²) >= 11 is 0. The van der Waals surface area contributed by atoms with E-state index in [0.717, 1.165) is 6.29 Å². The van der Waals surface area contributed by atoms with Crippen molar-refractivity contribution < 1.29 is 14.6 Å². The van der Waals surface area contributed by atoms with Crippen LogP contribution in [0, 0.1) is 0 Å². The van der Waals surface area contributed by atoms with Crippen molar-refractivity contribution in [3.05, 3.63) is 12.2 Å². The predicted molar refractivity (Wildman–Crippen MR) is 37.4 cm³/mol. The van der Waals surface area contributed by atoms with Crippen LogP contribution in [-0.4, -0.2) is 19.5 Å². The van der Waals surface area contributed by atoms with Gasteiger partial charge in [-0.3, -0.25) is 0 Å². The Morgan fingerprint density at radius 2 is 2.10 bits per heavy atom. The molecule has 0 spiro atoms. The lowest BCUT2D eigenvalue weighted by Crippen LogP contribution is -1.92. The van der Waals surface area contributed by atoms with Crippen molar-refractivity contribution >= 4 is 6.29 Å². The Bertz CT molecular complexity index is 99.0. The summed E-state index contributed by atoms with van der Waals surface area (Å²) in [6, 6.07) is 0. The smallest absolute Gasteiger partial charge is 0.123 e. The molecule has 0 saturated carbocycles. The fourth-order valence-corrected chi connectivity index (χ4v) is 0.391. The van der Waals surface area contributed by atoms with Gasteiger partial charge in [0.2, 0.25) is 0 Å². The molecule has 0 aromatic heterocycles. The van der Waals surface area contributed by atoms with Gasteiger partial charge in [-0.1, -0.05) is 12.2 Å². The first kappa shape index (κ1) is 9.33. The fraction of sp³-hybridized carbons (Fsp3) is 0.571. The van der Waals surface area contributed by atoms with E-state index in [1.54, 1.807) is 12.2 Å². The first-order valence-corrected chi connectivity index (χ1v) is 3.24. The molecule has 0 N–H and O–H groups in total. The molecule has 0 aliphatic heterocycles. The molecule has 58 valence electrons. The normalized spacial score (nSPS) is 10.5. The number of carbonyl (C=O) groups excluding carboxylic acids is 1. The van der Waals surface area contributed by atoms with Crippen LogP contribution in [0.15, 0.2) is 12.2 Å². The molecule has 0 unspecified atom stereocenters. The van der Waals surface area contributed by atoms with E-state index in [2.05, 4.69) is 9.78 Å². The number of hydrogen-bond donors (Lipinski definition) is 0. The topological polar surface area (TPSA) is 35.5 Å². The molecular weight excluding hydrogens is 132 g/mol. The van der Waals surface area contributed by atoms with Gasteiger partial charge < -0.3 is 4.79 Å². The largest absolute Gasteiger partial charge is 0.303 e. The minimum Gasteiger partial charge on any atom is -0.303 e. The van der Waals surface area contributed by atoms with Gasteiger partial charge in [0.1, 0.15) is 12.9 Å². The molecular formula is C7H12O3. The van der Waals surface area contributed by atoms with Gasteiger partial charge in [-0.15, -0.1) is 0 Å². The highest BCUT2D eigenvalue weighted by atomic mass is 17.2. The van der Waals surface area contributed by atoms with Crippen molar-refractivity contribution in [2.75, 3.05) is 13.2 Å². The summed E-state index contributed by atoms with van der Waals surface area (Å²) in [5, 5.41) is 0. The number of carbonyl (C=O) groups is 1. The van der Waals surface area contributed by atoms with Crippen molar-refractivity contribution in [3.63, 3.8) is 0 Å². The zero-order valence-corrected chi connectivity index (χ0v) is 6.08. The molecule has 0 amide bonds. The average molecular weight is 144 g/mol. The van der Waals surface area contributed by atoms with Gasteiger partial charge in [0.25, 0.3) is 0 Å². The lowest BCUT2D eigenvalue weighted by atomic mass is 10.4. The SMILES string of the molecule is CCOOCC=CCC=O. The molecule has 0 radical (unpaired) electrons. The Balaban J connectivity index is 2.94. The third-order valence-electron chi connectivity index (χ3n) is 0.764. The lowest BCUT2D eigenvalue weighted by molar-refractivity contribution is -0.282. The summed E-state index contributed by atoms with van der Waals surface area (Å²) < 4.78 is 0. The maximum atomic E-state index is 9.77. The molecule has 0 heterocycles. The molecule has 0 aromatic rings. The Morgan fingerprint density at radius 1 is 1.30 bits per heavy atom. The molecule has 0 saturated heterocycles. The zero-order valence-electron chi connectivity index (χ0n) is 6.08. The van der Waals surface area contributed by atoms with Crippen LogP contribution in [0.2, 0.25) is 0 Å². The predicted octanol–water partition coefficient (Wildman–Crippen LogP) is 1.10. The first-order chi connectivity index (χ1) is 4.91. The van der Waals surface area contributed by atoms with Crippen molar-refractivity contribution in [1.29, 1.82) is 0 Å². The van der Waals surface area contributed by atoms with Crippen LogP contribution in [0.5, 0.6) is 0 Å². The third kappa shape index (κ3) is 7.33. The average Bonchev–Trinajstić information content (AvgIpc) is 1.97. The van der Waals surface area contributed by atoms with Gasteiger partial charge >= 0.3 is 0 Å². The number of allylic oxidation sites excluding steroid dienone is 1. The zero-order chi connectivity index (χ0) is 7.66. The fourth-order valence-electron chi connectivity index (χ4n) is 0.391. The molecule has 0 aromatic carbocycles. The van der Waals surface area contributed by atoms with Crippen LogP contribution in [0.4, 0.5) is 0 Å². The van der Waals surface area contributed by atoms with Crippen molar-refractivity contribution in [2.45, 2.75) is 13.3 Å². The molecule has 0 atom stereocenters. The molecule has 0 rings (SSSR count). The summed E-state index contributed by atoms with van der Waals surface area (Å²) in [5.41, 5.74) is 0. The molecule has 0 aliphatic rings. The summed E-state index contributed by atoms with van der Waals surface area (Å²) in [5.74, 6) is 0. The van der Waals surface area contributed by atoms with Crippen molar-refractivity contribution in [2.24, 2.45) is 0 Å². The monoisotopic (exact) mass is 144 g/mol. The maximum absolute atomic E-state index is 9.77. The highest BCUT2D eigenvalue weighted by Crippen LogP contribution is 1.81. The van der Waals surface area contributed by atoms with Crippen LogP contribution in [-0.2, 0) is 14.6 Å². The molecule has 3 heteroatoms. The summed E-state index contributed by atoms with van der Waals surface area (Å²) in [4.78, 5) is 19.0. The quantitative estimate of drug-likeness (QED) is 0.184. The Kier molecular flexibility index (Phi) is 7.77. The third-order valence-corrected chi connectivity index (χ3v) is 0.764. The van der Waals surface area contributed by atoms with E-state index < -0.39 is 0 Å². The van der Waals surface area contributed by atoms with Crippen LogP contribution >= 0.6 is 0 Å². The van der Waals surface area contributed by atoms with Crippen molar-refractivity contribution in [3.8, 4) is 0 Å². The summed E-state index contributed by atoms with van der Waals surface area (Å²) in [6.45, 7) is 2.79. The van der Waals surface area contributed by atoms with Gasteiger partial charge in [0, 0.05) is 6.42 Å². The van der Waals surface area contributed by atoms with Gasteiger partial charge in [-0.25, -0.2) is 9.78 Å². The molecule has 0 aliphatic carbocycles. The Morgan fingerprint density at radius 3 is 2.70 bits per heavy atom. The number of hydrogen-bond acceptors (Lipinski definition) is 3. The summed E-state index contributed by atoms with van der Waals surface area (Å²) in [6.07, 6.45) is 4.74. The van der Waals surface area contributed by atoms with E-state index in [4.69, 9.17) is 0 Å². The van der Waals surface area contributed by atoms with Crippen LogP contribution in [0.3, 0.4) is 0 Å². The minimum atomic E-state index is 0.404. The van der Waals surface area contributed by atoms with Gasteiger partial charge in [-0.2, -0.15) is 0 Å². The maximum Gasteiger partial charge on any atom is 0.123 e. The highest BCUT2D eigenvalue weighted by molar-refractivity contribution is 5.51. The first-order valence-electron chi connectivity index (χ1n) is 3.24. The molecule has 0 bridgehead atoms. The van der Waals surface area contributed by atoms with Crippen LogP contribution < -0.4 is 0 Å². The second kappa shape index (κ2) is 8.33. The van der Waals surface area contributed by atoms with Gasteiger partial charge in [0.15, 0.2) is 0 Å². The highest BCUT2D eigenvalue weighted by Gasteiger charge is 1.78. The number of rotatable bonds is 6. The minimum absolute atomic E-state index is 0.404. The van der Waals surface area contributed by atoms with Gasteiger partial charge in [-0.05, 0) is 6.92 Å². The second-order valence-corrected chi connectivity index (χ2v) is 1.56. The number of aldehydes is 1. The van der Waals surface area contributed by atoms with Crippen molar-refractivity contribution in [1.82, 2.24) is 0 Å². The van der Waals surface area contributed by atoms with E-state index in [9.17, 15) is 4.79 Å². The molecule has 10 heavy (non-hydrogen) atoms. The van der Waals surface area contributed by atoms with Crippen LogP contribution in [0.1, 0.15) is 13.3 Å². The molecule has 0 fully saturated rings. The standard InChI is InChI=1S/C7H12O3/c1-2-9-10-7-5-3-4-6-8/h3,5-6H,2,4,7H2,1H3. The van der Waals surface area contributed by atoms with Gasteiger partial charge in [0.05, 0.1) is 6.61 Å². The van der Waals surface area contributed by atoms with Crippen LogP contribution in [0.25, 0.3) is 0 Å².